The second kappa shape index (κ2) is 50.6. The molecular weight excluding hydrogens is 1530 g/mol. The normalized spacial score (nSPS) is 13.9. The minimum atomic E-state index is 0. The number of benzene rings is 17. The minimum absolute atomic E-state index is 0. The van der Waals surface area contributed by atoms with E-state index in [1.165, 1.54) is 286 Å². The van der Waals surface area contributed by atoms with Crippen LogP contribution in [-0.2, 0) is 96.3 Å². The van der Waals surface area contributed by atoms with E-state index in [2.05, 4.69) is 372 Å². The molecule has 0 amide bonds. The maximum absolute atomic E-state index is 2.40. The van der Waals surface area contributed by atoms with Gasteiger partial charge in [-0.2, -0.15) is 0 Å². The molecule has 0 saturated carbocycles. The molecule has 654 valence electrons. The van der Waals surface area contributed by atoms with Gasteiger partial charge in [0.25, 0.3) is 0 Å². The maximum atomic E-state index is 2.40. The van der Waals surface area contributed by atoms with E-state index in [1.54, 1.807) is 77.9 Å². The van der Waals surface area contributed by atoms with E-state index in [1.807, 2.05) is 6.07 Å². The Balaban J connectivity index is 0.000000149. The molecule has 0 nitrogen and oxygen atoms in total. The van der Waals surface area contributed by atoms with Crippen molar-refractivity contribution in [3.63, 3.8) is 0 Å². The molecule has 0 aromatic heterocycles. The van der Waals surface area contributed by atoms with Crippen LogP contribution in [-0.4, -0.2) is 0 Å². The van der Waals surface area contributed by atoms with Gasteiger partial charge in [0.15, 0.2) is 0 Å². The summed E-state index contributed by atoms with van der Waals surface area (Å²) in [7, 11) is 0. The number of unbranched alkanes of at least 4 members (excludes halogenated alkanes) is 1. The molecule has 0 aliphatic heterocycles. The highest BCUT2D eigenvalue weighted by atomic mass is 14.3. The lowest BCUT2D eigenvalue weighted by Crippen LogP contribution is -2.12. The zero-order chi connectivity index (χ0) is 84.4. The summed E-state index contributed by atoms with van der Waals surface area (Å²) in [6.45, 7) is 4.36. The van der Waals surface area contributed by atoms with E-state index in [-0.39, 0.29) is 25.1 Å². The molecule has 17 aromatic rings. The second-order valence-electron chi connectivity index (χ2n) is 34.9. The molecule has 7 aliphatic rings. The van der Waals surface area contributed by atoms with E-state index in [0.29, 0.717) is 0 Å². The van der Waals surface area contributed by atoms with E-state index >= 15 is 0 Å². The monoisotopic (exact) mass is 1670 g/mol. The summed E-state index contributed by atoms with van der Waals surface area (Å²) < 4.78 is 0. The third kappa shape index (κ3) is 26.3. The summed E-state index contributed by atoms with van der Waals surface area (Å²) in [6, 6.07) is 125. The molecule has 0 heterocycles. The lowest BCUT2D eigenvalue weighted by Gasteiger charge is -2.25. The fourth-order valence-corrected chi connectivity index (χ4v) is 19.9. The van der Waals surface area contributed by atoms with Crippen LogP contribution in [0.2, 0.25) is 0 Å². The van der Waals surface area contributed by atoms with Gasteiger partial charge < -0.3 is 0 Å². The second-order valence-corrected chi connectivity index (χ2v) is 34.9. The van der Waals surface area contributed by atoms with Crippen molar-refractivity contribution >= 4 is 81.5 Å². The van der Waals surface area contributed by atoms with Crippen LogP contribution in [0, 0.1) is 0 Å². The van der Waals surface area contributed by atoms with E-state index < -0.39 is 0 Å². The molecule has 17 aromatic carbocycles. The Morgan fingerprint density at radius 2 is 0.402 bits per heavy atom. The molecular formula is C127H146. The van der Waals surface area contributed by atoms with E-state index in [9.17, 15) is 0 Å². The first-order valence-electron chi connectivity index (χ1n) is 47.7. The Morgan fingerprint density at radius 3 is 0.646 bits per heavy atom. The third-order valence-corrected chi connectivity index (χ3v) is 26.5. The smallest absolute Gasteiger partial charge is 0 e. The third-order valence-electron chi connectivity index (χ3n) is 26.5. The van der Waals surface area contributed by atoms with Gasteiger partial charge in [-0.15, -0.1) is 0 Å². The zero-order valence-electron chi connectivity index (χ0n) is 74.3. The molecule has 24 rings (SSSR count). The molecule has 0 radical (unpaired) electrons. The van der Waals surface area contributed by atoms with Crippen LogP contribution in [0.5, 0.6) is 0 Å². The largest absolute Gasteiger partial charge is 0.0842 e. The summed E-state index contributed by atoms with van der Waals surface area (Å²) >= 11 is 0. The Morgan fingerprint density at radius 1 is 0.197 bits per heavy atom. The molecule has 0 unspecified atom stereocenters. The number of allylic oxidation sites excluding steroid dienone is 1. The molecule has 0 fully saturated rings. The van der Waals surface area contributed by atoms with Crippen LogP contribution in [0.1, 0.15) is 237 Å². The zero-order valence-corrected chi connectivity index (χ0v) is 74.3. The summed E-state index contributed by atoms with van der Waals surface area (Å²) in [5.41, 5.74) is 26.3. The van der Waals surface area contributed by atoms with E-state index in [0.717, 1.165) is 6.42 Å². The van der Waals surface area contributed by atoms with Crippen LogP contribution in [0.15, 0.2) is 358 Å². The number of fused-ring (bicyclic) bond motifs is 20. The number of hydrogen-bond acceptors (Lipinski definition) is 0. The van der Waals surface area contributed by atoms with Crippen molar-refractivity contribution < 1.29 is 2.85 Å². The van der Waals surface area contributed by atoms with Gasteiger partial charge >= 0.3 is 0 Å². The Labute approximate surface area is 767 Å². The molecule has 0 bridgehead atoms. The molecule has 0 heteroatoms. The average Bonchev–Trinajstić information content (AvgIpc) is 0.821. The van der Waals surface area contributed by atoms with E-state index in [4.69, 9.17) is 0 Å². The van der Waals surface area contributed by atoms with Crippen molar-refractivity contribution in [3.8, 4) is 0 Å². The van der Waals surface area contributed by atoms with Crippen LogP contribution in [0.4, 0.5) is 0 Å². The highest BCUT2D eigenvalue weighted by Gasteiger charge is 2.22. The molecule has 0 spiro atoms. The lowest BCUT2D eigenvalue weighted by atomic mass is 9.81. The highest BCUT2D eigenvalue weighted by molar-refractivity contribution is 6.09. The molecule has 0 N–H and O–H groups in total. The highest BCUT2D eigenvalue weighted by Crippen LogP contribution is 2.36. The topological polar surface area (TPSA) is 0 Å². The first-order chi connectivity index (χ1) is 61.5. The van der Waals surface area contributed by atoms with Gasteiger partial charge in [0.2, 0.25) is 0 Å². The summed E-state index contributed by atoms with van der Waals surface area (Å²) in [4.78, 5) is 0. The van der Waals surface area contributed by atoms with Crippen molar-refractivity contribution in [3.05, 3.63) is 447 Å². The molecule has 0 atom stereocenters. The maximum Gasteiger partial charge on any atom is 0 e. The predicted molar refractivity (Wildman–Crippen MR) is 566 cm³/mol. The summed E-state index contributed by atoms with van der Waals surface area (Å²) in [5.74, 6) is 0. The minimum Gasteiger partial charge on any atom is -0.0842 e. The fraction of sp³-hybridized carbons (Fsp3) is 0.291. The molecule has 127 heavy (non-hydrogen) atoms. The SMILES string of the molecule is C.C.C.CC/C=C/c1ccccc1.CCCCc1ccccc1.[HH].[HH].c1cc2c(c3c1CCCC3)CCCC2.c1cc2c(c3c1CCCC3)CCCC2.c1cc2c(c3c1CCCC3)CCCC2.c1ccc2c(c1)CCCC2.c1ccc2c(c1)ccc1ccccc12.c1ccc2c(c1)ccc1ccccc12.c1ccc2c(c1)ccc1ccccc12.c1ccc2ccccc2c1. The first kappa shape index (κ1) is 94.4. The molecule has 7 aliphatic carbocycles. The van der Waals surface area contributed by atoms with Crippen molar-refractivity contribution in [2.24, 2.45) is 0 Å². The summed E-state index contributed by atoms with van der Waals surface area (Å²) in [5, 5.41) is 18.5. The van der Waals surface area contributed by atoms with Crippen LogP contribution < -0.4 is 0 Å². The van der Waals surface area contributed by atoms with Crippen molar-refractivity contribution in [2.45, 2.75) is 242 Å². The van der Waals surface area contributed by atoms with Gasteiger partial charge in [0.05, 0.1) is 0 Å². The Kier molecular flexibility index (Phi) is 37.6. The van der Waals surface area contributed by atoms with Crippen molar-refractivity contribution in [1.82, 2.24) is 0 Å². The number of rotatable bonds is 5. The average molecular weight is 1670 g/mol. The van der Waals surface area contributed by atoms with Crippen LogP contribution >= 0.6 is 0 Å². The van der Waals surface area contributed by atoms with Gasteiger partial charge in [-0.3, -0.25) is 0 Å². The summed E-state index contributed by atoms with van der Waals surface area (Å²) in [6.07, 6.45) is 47.8. The van der Waals surface area contributed by atoms with Gasteiger partial charge in [0, 0.05) is 2.85 Å². The lowest BCUT2D eigenvalue weighted by molar-refractivity contribution is 0.640. The van der Waals surface area contributed by atoms with Crippen LogP contribution in [0.25, 0.3) is 81.5 Å². The van der Waals surface area contributed by atoms with Crippen molar-refractivity contribution in [1.29, 1.82) is 0 Å². The van der Waals surface area contributed by atoms with Gasteiger partial charge in [-0.05, 0) is 363 Å². The molecule has 0 saturated heterocycles. The predicted octanol–water partition coefficient (Wildman–Crippen LogP) is 36.3. The van der Waals surface area contributed by atoms with Gasteiger partial charge in [0.1, 0.15) is 0 Å². The van der Waals surface area contributed by atoms with Gasteiger partial charge in [-0.25, -0.2) is 0 Å². The number of hydrogen-bond donors (Lipinski definition) is 0. The Hall–Kier alpha value is -11.7. The van der Waals surface area contributed by atoms with Crippen LogP contribution in [0.3, 0.4) is 0 Å². The first-order valence-corrected chi connectivity index (χ1v) is 47.7. The van der Waals surface area contributed by atoms with Gasteiger partial charge in [-0.1, -0.05) is 407 Å². The quantitative estimate of drug-likeness (QED) is 0.151. The van der Waals surface area contributed by atoms with Crippen molar-refractivity contribution in [2.75, 3.05) is 0 Å². The number of aryl methyl sites for hydroxylation is 9. The Bertz CT molecular complexity index is 5450. The standard InChI is InChI=1S/3C14H18.3C14H10.C10H12.C10H8.C10H14.C10H12.3CH4.2H2/c6*1-3-7-13-11(5-1)9-10-12-6-2-4-8-14(12)13;2*1-2-6-10-8-4-3-7-9(10)5-1;2*1-2-3-7-10-8-5-4-6-9-10;;;;;/h3*9-10H,1-8H2;3*1-10H;1-2,5-6H,3-4,7-8H2;1-8H;4-6,8-9H,2-3,7H2,1H3;3-9H,2H2,1H3;3*1H4;2*1H/b;;;;;;;;;7-3+;;;;;. The fourth-order valence-electron chi connectivity index (χ4n) is 19.9.